The Morgan fingerprint density at radius 3 is 2.30 bits per heavy atom. The maximum absolute atomic E-state index is 13.6. The molecule has 0 saturated heterocycles. The van der Waals surface area contributed by atoms with E-state index < -0.39 is 11.9 Å². The first kappa shape index (κ1) is 18.4. The van der Waals surface area contributed by atoms with Crippen molar-refractivity contribution in [3.63, 3.8) is 0 Å². The summed E-state index contributed by atoms with van der Waals surface area (Å²) in [5.41, 5.74) is 4.44. The zero-order valence-corrected chi connectivity index (χ0v) is 17.1. The summed E-state index contributed by atoms with van der Waals surface area (Å²) >= 11 is 0. The average Bonchev–Trinajstić information content (AvgIpc) is 3.26. The van der Waals surface area contributed by atoms with Crippen LogP contribution < -0.4 is 10.3 Å². The van der Waals surface area contributed by atoms with Crippen LogP contribution in [0.15, 0.2) is 56.2 Å². The van der Waals surface area contributed by atoms with Crippen LogP contribution in [0.5, 0.6) is 0 Å². The first-order valence-corrected chi connectivity index (χ1v) is 9.76. The lowest BCUT2D eigenvalue weighted by Gasteiger charge is -2.22. The number of carbonyl (C=O) groups excluding carboxylic acids is 1. The molecule has 1 amide bonds. The molecule has 0 N–H and O–H groups in total. The van der Waals surface area contributed by atoms with Crippen molar-refractivity contribution in [3.05, 3.63) is 92.0 Å². The SMILES string of the molecule is Cc1ccc([C@@H]2c3c(oc4cc(C)c(C)cc4c3=O)C(=O)N2c2cc(C)on2)cc1. The first-order valence-electron chi connectivity index (χ1n) is 9.76. The molecule has 0 aliphatic carbocycles. The standard InChI is InChI=1S/C24H20N2O4/c1-12-5-7-16(8-6-12)21-20-22(27)17-9-13(2)14(3)10-18(17)29-23(20)24(28)26(21)19-11-15(4)30-25-19/h5-11,21H,1-4H3/t21-/m1/s1. The van der Waals surface area contributed by atoms with E-state index in [1.54, 1.807) is 13.0 Å². The summed E-state index contributed by atoms with van der Waals surface area (Å²) in [6, 6.07) is 12.4. The molecule has 150 valence electrons. The summed E-state index contributed by atoms with van der Waals surface area (Å²) in [5, 5.41) is 4.51. The highest BCUT2D eigenvalue weighted by Gasteiger charge is 2.44. The molecule has 0 bridgehead atoms. The lowest BCUT2D eigenvalue weighted by Crippen LogP contribution is -2.29. The van der Waals surface area contributed by atoms with Crippen LogP contribution in [0.1, 0.15) is 50.2 Å². The van der Waals surface area contributed by atoms with Gasteiger partial charge in [-0.1, -0.05) is 35.0 Å². The molecule has 1 aliphatic rings. The second kappa shape index (κ2) is 6.42. The van der Waals surface area contributed by atoms with Crippen LogP contribution in [-0.2, 0) is 0 Å². The van der Waals surface area contributed by atoms with Crippen molar-refractivity contribution in [2.75, 3.05) is 4.90 Å². The highest BCUT2D eigenvalue weighted by molar-refractivity contribution is 6.10. The van der Waals surface area contributed by atoms with Crippen LogP contribution in [0, 0.1) is 27.7 Å². The van der Waals surface area contributed by atoms with Crippen LogP contribution in [0.4, 0.5) is 5.82 Å². The van der Waals surface area contributed by atoms with Gasteiger partial charge < -0.3 is 8.94 Å². The Morgan fingerprint density at radius 1 is 0.933 bits per heavy atom. The quantitative estimate of drug-likeness (QED) is 0.485. The smallest absolute Gasteiger partial charge is 0.296 e. The van der Waals surface area contributed by atoms with Crippen molar-refractivity contribution in [2.24, 2.45) is 0 Å². The summed E-state index contributed by atoms with van der Waals surface area (Å²) in [5.74, 6) is 0.584. The molecule has 4 aromatic rings. The maximum atomic E-state index is 13.6. The van der Waals surface area contributed by atoms with Crippen LogP contribution in [-0.4, -0.2) is 11.1 Å². The zero-order chi connectivity index (χ0) is 21.2. The van der Waals surface area contributed by atoms with Crippen LogP contribution in [0.25, 0.3) is 11.0 Å². The van der Waals surface area contributed by atoms with Gasteiger partial charge in [-0.15, -0.1) is 0 Å². The van der Waals surface area contributed by atoms with Crippen molar-refractivity contribution >= 4 is 22.7 Å². The topological polar surface area (TPSA) is 76.6 Å². The van der Waals surface area contributed by atoms with Crippen molar-refractivity contribution < 1.29 is 13.7 Å². The second-order valence-corrected chi connectivity index (χ2v) is 7.89. The number of anilines is 1. The second-order valence-electron chi connectivity index (χ2n) is 7.89. The molecule has 1 atom stereocenters. The molecular formula is C24H20N2O4. The number of carbonyl (C=O) groups is 1. The molecule has 0 radical (unpaired) electrons. The summed E-state index contributed by atoms with van der Waals surface area (Å²) in [7, 11) is 0. The summed E-state index contributed by atoms with van der Waals surface area (Å²) in [6.07, 6.45) is 0. The number of hydrogen-bond donors (Lipinski definition) is 0. The van der Waals surface area contributed by atoms with Gasteiger partial charge in [0.2, 0.25) is 5.76 Å². The van der Waals surface area contributed by atoms with Crippen LogP contribution >= 0.6 is 0 Å². The lowest BCUT2D eigenvalue weighted by molar-refractivity contribution is 0.0969. The molecule has 0 fully saturated rings. The number of aryl methyl sites for hydroxylation is 4. The van der Waals surface area contributed by atoms with Gasteiger partial charge in [0.25, 0.3) is 5.91 Å². The fourth-order valence-electron chi connectivity index (χ4n) is 4.00. The van der Waals surface area contributed by atoms with E-state index in [4.69, 9.17) is 8.94 Å². The molecule has 6 nitrogen and oxygen atoms in total. The summed E-state index contributed by atoms with van der Waals surface area (Å²) in [6.45, 7) is 7.65. The largest absolute Gasteiger partial charge is 0.450 e. The van der Waals surface area contributed by atoms with Gasteiger partial charge in [0.05, 0.1) is 17.0 Å². The monoisotopic (exact) mass is 400 g/mol. The van der Waals surface area contributed by atoms with E-state index >= 15 is 0 Å². The van der Waals surface area contributed by atoms with E-state index in [1.165, 1.54) is 4.90 Å². The number of benzene rings is 2. The Morgan fingerprint density at radius 2 is 1.63 bits per heavy atom. The van der Waals surface area contributed by atoms with Gasteiger partial charge in [-0.3, -0.25) is 14.5 Å². The molecule has 3 heterocycles. The van der Waals surface area contributed by atoms with Gasteiger partial charge in [-0.05, 0) is 56.5 Å². The van der Waals surface area contributed by atoms with Gasteiger partial charge in [-0.25, -0.2) is 0 Å². The van der Waals surface area contributed by atoms with Gasteiger partial charge in [-0.2, -0.15) is 0 Å². The van der Waals surface area contributed by atoms with Crippen molar-refractivity contribution in [1.29, 1.82) is 0 Å². The third kappa shape index (κ3) is 2.60. The lowest BCUT2D eigenvalue weighted by atomic mass is 9.97. The van der Waals surface area contributed by atoms with Crippen molar-refractivity contribution in [3.8, 4) is 0 Å². The van der Waals surface area contributed by atoms with Gasteiger partial charge >= 0.3 is 0 Å². The molecule has 2 aromatic carbocycles. The Labute approximate surface area is 172 Å². The van der Waals surface area contributed by atoms with E-state index in [2.05, 4.69) is 5.16 Å². The normalized spacial score (nSPS) is 15.8. The Kier molecular flexibility index (Phi) is 3.93. The van der Waals surface area contributed by atoms with Crippen molar-refractivity contribution in [1.82, 2.24) is 5.16 Å². The zero-order valence-electron chi connectivity index (χ0n) is 17.1. The average molecular weight is 400 g/mol. The predicted molar refractivity (Wildman–Crippen MR) is 113 cm³/mol. The molecule has 0 spiro atoms. The highest BCUT2D eigenvalue weighted by atomic mass is 16.5. The highest BCUT2D eigenvalue weighted by Crippen LogP contribution is 2.41. The summed E-state index contributed by atoms with van der Waals surface area (Å²) in [4.78, 5) is 28.5. The Balaban J connectivity index is 1.83. The molecular weight excluding hydrogens is 380 g/mol. The molecule has 0 unspecified atom stereocenters. The minimum atomic E-state index is -0.639. The van der Waals surface area contributed by atoms with Gasteiger partial charge in [0, 0.05) is 6.07 Å². The number of fused-ring (bicyclic) bond motifs is 2. The van der Waals surface area contributed by atoms with Crippen LogP contribution in [0.3, 0.4) is 0 Å². The summed E-state index contributed by atoms with van der Waals surface area (Å²) < 4.78 is 11.2. The van der Waals surface area contributed by atoms with Crippen LogP contribution in [0.2, 0.25) is 0 Å². The number of aromatic nitrogens is 1. The van der Waals surface area contributed by atoms with E-state index in [0.29, 0.717) is 28.1 Å². The van der Waals surface area contributed by atoms with Gasteiger partial charge in [0.1, 0.15) is 11.3 Å². The minimum absolute atomic E-state index is 0.0574. The number of nitrogens with zero attached hydrogens (tertiary/aromatic N) is 2. The molecule has 1 aliphatic heterocycles. The molecule has 6 heteroatoms. The van der Waals surface area contributed by atoms with E-state index in [0.717, 1.165) is 22.3 Å². The van der Waals surface area contributed by atoms with E-state index in [9.17, 15) is 9.59 Å². The molecule has 0 saturated carbocycles. The maximum Gasteiger partial charge on any atom is 0.296 e. The van der Waals surface area contributed by atoms with Crippen molar-refractivity contribution in [2.45, 2.75) is 33.7 Å². The fraction of sp³-hybridized carbons (Fsp3) is 0.208. The molecule has 30 heavy (non-hydrogen) atoms. The minimum Gasteiger partial charge on any atom is -0.450 e. The van der Waals surface area contributed by atoms with E-state index in [-0.39, 0.29) is 11.2 Å². The third-order valence-corrected chi connectivity index (χ3v) is 5.74. The predicted octanol–water partition coefficient (Wildman–Crippen LogP) is 4.76. The van der Waals surface area contributed by atoms with E-state index in [1.807, 2.05) is 57.2 Å². The number of amides is 1. The third-order valence-electron chi connectivity index (χ3n) is 5.74. The number of rotatable bonds is 2. The molecule has 2 aromatic heterocycles. The molecule has 5 rings (SSSR count). The Bertz CT molecular complexity index is 1380. The van der Waals surface area contributed by atoms with Gasteiger partial charge in [0.15, 0.2) is 11.2 Å². The fourth-order valence-corrected chi connectivity index (χ4v) is 4.00. The number of hydrogen-bond acceptors (Lipinski definition) is 5. The first-order chi connectivity index (χ1) is 14.3. The Hall–Kier alpha value is -3.67.